The molecular weight excluding hydrogens is 861 g/mol. The average Bonchev–Trinajstić information content (AvgIpc) is 3.80. The largest absolute Gasteiger partial charge is 0.388 e. The normalized spacial score (nSPS) is 55.2. The fourth-order valence-electron chi connectivity index (χ4n) is 14.3. The summed E-state index contributed by atoms with van der Waals surface area (Å²) in [5, 5.41) is 21.3. The monoisotopic (exact) mass is 941 g/mol. The number of hydrogen-bond acceptors (Lipinski definition) is 17. The molecule has 0 aromatic heterocycles. The Labute approximate surface area is 391 Å². The second-order valence-corrected chi connectivity index (χ2v) is 21.7. The van der Waals surface area contributed by atoms with E-state index in [2.05, 4.69) is 20.8 Å². The van der Waals surface area contributed by atoms with Gasteiger partial charge in [0.25, 0.3) is 0 Å². The van der Waals surface area contributed by atoms with Gasteiger partial charge in [-0.05, 0) is 91.4 Å². The van der Waals surface area contributed by atoms with Gasteiger partial charge in [0.1, 0.15) is 42.4 Å². The van der Waals surface area contributed by atoms with Crippen LogP contribution in [0.25, 0.3) is 0 Å². The highest BCUT2D eigenvalue weighted by atomic mass is 16.8. The van der Waals surface area contributed by atoms with Crippen LogP contribution in [0.3, 0.4) is 0 Å². The predicted molar refractivity (Wildman–Crippen MR) is 233 cm³/mol. The van der Waals surface area contributed by atoms with E-state index in [9.17, 15) is 15.0 Å². The Morgan fingerprint density at radius 1 is 0.561 bits per heavy atom. The third-order valence-corrected chi connectivity index (χ3v) is 18.2. The molecule has 3 aliphatic carbocycles. The first kappa shape index (κ1) is 50.0. The molecule has 0 aromatic rings. The highest BCUT2D eigenvalue weighted by Crippen LogP contribution is 2.67. The lowest BCUT2D eigenvalue weighted by molar-refractivity contribution is -0.356. The number of carbonyl (C=O) groups excluding carboxylic acids is 1. The summed E-state index contributed by atoms with van der Waals surface area (Å²) in [7, 11) is 6.39. The first-order valence-electron chi connectivity index (χ1n) is 25.1. The van der Waals surface area contributed by atoms with Crippen molar-refractivity contribution in [2.45, 2.75) is 248 Å². The van der Waals surface area contributed by atoms with Crippen LogP contribution in [-0.4, -0.2) is 173 Å². The zero-order chi connectivity index (χ0) is 47.0. The summed E-state index contributed by atoms with van der Waals surface area (Å²) in [6, 6.07) is 0. The molecule has 9 aliphatic rings. The van der Waals surface area contributed by atoms with Crippen molar-refractivity contribution in [1.29, 1.82) is 0 Å². The van der Waals surface area contributed by atoms with Crippen molar-refractivity contribution in [3.05, 3.63) is 0 Å². The fourth-order valence-corrected chi connectivity index (χ4v) is 14.3. The van der Waals surface area contributed by atoms with Crippen molar-refractivity contribution in [3.8, 4) is 0 Å². The minimum absolute atomic E-state index is 0.00154. The molecule has 378 valence electrons. The molecule has 0 radical (unpaired) electrons. The lowest BCUT2D eigenvalue weighted by Gasteiger charge is -2.57. The molecule has 6 aliphatic heterocycles. The third-order valence-electron chi connectivity index (χ3n) is 18.2. The van der Waals surface area contributed by atoms with E-state index in [1.54, 1.807) is 28.3 Å². The summed E-state index contributed by atoms with van der Waals surface area (Å²) in [4.78, 5) is 13.4. The second-order valence-electron chi connectivity index (χ2n) is 21.7. The molecule has 0 aromatic carbocycles. The predicted octanol–water partition coefficient (Wildman–Crippen LogP) is 4.56. The van der Waals surface area contributed by atoms with E-state index in [-0.39, 0.29) is 53.9 Å². The Hall–Kier alpha value is -0.970. The molecule has 26 unspecified atom stereocenters. The van der Waals surface area contributed by atoms with Gasteiger partial charge in [-0.3, -0.25) is 4.79 Å². The van der Waals surface area contributed by atoms with Crippen LogP contribution < -0.4 is 0 Å². The number of carbonyl (C=O) groups is 1. The van der Waals surface area contributed by atoms with Gasteiger partial charge in [-0.25, -0.2) is 0 Å². The van der Waals surface area contributed by atoms with Crippen molar-refractivity contribution in [3.63, 3.8) is 0 Å². The van der Waals surface area contributed by atoms with Crippen LogP contribution in [0.15, 0.2) is 0 Å². The van der Waals surface area contributed by atoms with E-state index < -0.39 is 97.4 Å². The van der Waals surface area contributed by atoms with Gasteiger partial charge in [-0.15, -0.1) is 0 Å². The van der Waals surface area contributed by atoms with Gasteiger partial charge in [-0.2, -0.15) is 0 Å². The van der Waals surface area contributed by atoms with Gasteiger partial charge in [-0.1, -0.05) is 6.92 Å². The molecular formula is C49H80O17. The number of Topliss-reactive ketones (excluding diaryl/α,β-unsaturated/α-hetero) is 1. The molecule has 2 bridgehead atoms. The molecule has 17 heteroatoms. The topological polar surface area (TPSA) is 187 Å². The Kier molecular flexibility index (Phi) is 14.8. The summed E-state index contributed by atoms with van der Waals surface area (Å²) in [6.07, 6.45) is -1.92. The van der Waals surface area contributed by atoms with Crippen LogP contribution in [0, 0.1) is 28.6 Å². The quantitative estimate of drug-likeness (QED) is 0.259. The number of hydrogen-bond donors (Lipinski definition) is 2. The lowest BCUT2D eigenvalue weighted by Crippen LogP contribution is -2.61. The maximum absolute atomic E-state index is 13.4. The molecule has 17 nitrogen and oxygen atoms in total. The Morgan fingerprint density at radius 2 is 1.12 bits per heavy atom. The van der Waals surface area contributed by atoms with Crippen molar-refractivity contribution in [1.82, 2.24) is 0 Å². The molecule has 6 saturated heterocycles. The van der Waals surface area contributed by atoms with E-state index in [4.69, 9.17) is 66.3 Å². The van der Waals surface area contributed by atoms with Gasteiger partial charge in [0.2, 0.25) is 0 Å². The van der Waals surface area contributed by atoms with Crippen LogP contribution >= 0.6 is 0 Å². The fraction of sp³-hybridized carbons (Fsp3) is 0.980. The number of aliphatic hydroxyl groups excluding tert-OH is 2. The zero-order valence-corrected chi connectivity index (χ0v) is 41.1. The SMILES string of the molecule is COC1CC(OC2CCC3(C)C(CCC45OC(C)C6CCC(=O)C6(C)C(CC43)O5)C2)OC(C)C1OC1CC(OC)C(OC2CC(OC)C(OC3OC(C)C(O)C(OC)C3O)C(C)O2)C(C)O1. The smallest absolute Gasteiger partial charge is 0.187 e. The Morgan fingerprint density at radius 3 is 1.68 bits per heavy atom. The van der Waals surface area contributed by atoms with Crippen LogP contribution in [0.5, 0.6) is 0 Å². The van der Waals surface area contributed by atoms with Gasteiger partial charge in [0.05, 0.1) is 66.5 Å². The highest BCUT2D eigenvalue weighted by Gasteiger charge is 2.70. The van der Waals surface area contributed by atoms with Gasteiger partial charge < -0.3 is 76.5 Å². The van der Waals surface area contributed by atoms with E-state index in [1.165, 1.54) is 7.11 Å². The van der Waals surface area contributed by atoms with Crippen LogP contribution in [0.2, 0.25) is 0 Å². The van der Waals surface area contributed by atoms with Crippen LogP contribution in [0.1, 0.15) is 119 Å². The summed E-state index contributed by atoms with van der Waals surface area (Å²) in [6.45, 7) is 14.3. The average molecular weight is 941 g/mol. The first-order valence-corrected chi connectivity index (χ1v) is 25.1. The van der Waals surface area contributed by atoms with Gasteiger partial charge >= 0.3 is 0 Å². The minimum atomic E-state index is -1.22. The molecule has 66 heavy (non-hydrogen) atoms. The van der Waals surface area contributed by atoms with Crippen molar-refractivity contribution >= 4 is 5.78 Å². The highest BCUT2D eigenvalue weighted by molar-refractivity contribution is 5.88. The number of ketones is 1. The Bertz CT molecular complexity index is 1670. The number of aliphatic hydroxyl groups is 2. The maximum Gasteiger partial charge on any atom is 0.187 e. The molecule has 1 spiro atoms. The number of ether oxygens (including phenoxy) is 14. The van der Waals surface area contributed by atoms with Crippen LogP contribution in [-0.2, 0) is 71.1 Å². The zero-order valence-electron chi connectivity index (χ0n) is 41.1. The van der Waals surface area contributed by atoms with E-state index in [0.717, 1.165) is 44.9 Å². The maximum atomic E-state index is 13.4. The molecule has 3 saturated carbocycles. The van der Waals surface area contributed by atoms with Gasteiger partial charge in [0, 0.05) is 72.4 Å². The first-order chi connectivity index (χ1) is 31.5. The lowest BCUT2D eigenvalue weighted by atomic mass is 9.52. The summed E-state index contributed by atoms with van der Waals surface area (Å²) in [5.41, 5.74) is -0.429. The summed E-state index contributed by atoms with van der Waals surface area (Å²) in [5.74, 6) is 0.677. The number of rotatable bonds is 12. The molecule has 9 rings (SSSR count). The second kappa shape index (κ2) is 19.6. The molecule has 9 fully saturated rings. The van der Waals surface area contributed by atoms with E-state index in [1.807, 2.05) is 20.8 Å². The Balaban J connectivity index is 0.766. The van der Waals surface area contributed by atoms with E-state index in [0.29, 0.717) is 37.4 Å². The summed E-state index contributed by atoms with van der Waals surface area (Å²) < 4.78 is 88.8. The third kappa shape index (κ3) is 8.80. The number of fused-ring (bicyclic) bond motifs is 5. The minimum Gasteiger partial charge on any atom is -0.388 e. The van der Waals surface area contributed by atoms with Gasteiger partial charge in [0.15, 0.2) is 30.9 Å². The molecule has 6 heterocycles. The van der Waals surface area contributed by atoms with Crippen LogP contribution in [0.4, 0.5) is 0 Å². The van der Waals surface area contributed by atoms with E-state index >= 15 is 0 Å². The molecule has 2 N–H and O–H groups in total. The summed E-state index contributed by atoms with van der Waals surface area (Å²) >= 11 is 0. The van der Waals surface area contributed by atoms with Crippen molar-refractivity contribution < 1.29 is 81.3 Å². The van der Waals surface area contributed by atoms with Crippen molar-refractivity contribution in [2.24, 2.45) is 28.6 Å². The molecule has 0 amide bonds. The standard InChI is InChI=1S/C49H80O17/c1-23-30-12-13-35(50)48(30,7)36-22-34-47(6)16-15-29(18-28(47)14-17-49(34,65-23)66-36)61-37-19-31(53-8)42(25(3)57-37)62-38-20-32(54-9)43(26(4)58-38)63-39-21-33(55-10)44(27(5)59-39)64-46-41(52)45(56-11)40(51)24(2)60-46/h23-34,36-46,51-52H,12-22H2,1-11H3. The van der Waals surface area contributed by atoms with Crippen molar-refractivity contribution in [2.75, 3.05) is 28.4 Å². The molecule has 26 atom stereocenters. The number of methoxy groups -OCH3 is 4.